The number of ether oxygens (including phenoxy) is 2. The first-order valence-electron chi connectivity index (χ1n) is 7.12. The van der Waals surface area contributed by atoms with Crippen molar-refractivity contribution < 1.29 is 9.47 Å². The zero-order chi connectivity index (χ0) is 15.1. The Hall–Kier alpha value is -1.52. The first kappa shape index (κ1) is 15.9. The Morgan fingerprint density at radius 1 is 0.952 bits per heavy atom. The van der Waals surface area contributed by atoms with Crippen LogP contribution in [0.1, 0.15) is 19.4 Å². The molecule has 2 aromatic carbocycles. The minimum Gasteiger partial charge on any atom is -0.494 e. The molecule has 2 rings (SSSR count). The summed E-state index contributed by atoms with van der Waals surface area (Å²) in [4.78, 5) is 0. The normalized spacial score (nSPS) is 10.4. The van der Waals surface area contributed by atoms with Gasteiger partial charge >= 0.3 is 0 Å². The number of nitrogens with one attached hydrogen (secondary N) is 1. The summed E-state index contributed by atoms with van der Waals surface area (Å²) >= 11 is 3.58. The van der Waals surface area contributed by atoms with Crippen LogP contribution in [0.3, 0.4) is 0 Å². The van der Waals surface area contributed by atoms with Gasteiger partial charge in [0.05, 0.1) is 6.61 Å². The van der Waals surface area contributed by atoms with Gasteiger partial charge in [-0.2, -0.15) is 0 Å². The van der Waals surface area contributed by atoms with Crippen LogP contribution in [0.5, 0.6) is 17.2 Å². The third kappa shape index (κ3) is 4.76. The number of benzene rings is 2. The summed E-state index contributed by atoms with van der Waals surface area (Å²) in [5.74, 6) is 2.46. The fraction of sp³-hybridized carbons (Fsp3) is 0.294. The Labute approximate surface area is 134 Å². The molecule has 112 valence electrons. The Morgan fingerprint density at radius 3 is 2.24 bits per heavy atom. The lowest BCUT2D eigenvalue weighted by Crippen LogP contribution is -2.11. The van der Waals surface area contributed by atoms with Gasteiger partial charge in [0, 0.05) is 11.0 Å². The lowest BCUT2D eigenvalue weighted by atomic mass is 10.2. The van der Waals surface area contributed by atoms with E-state index in [0.717, 1.165) is 34.8 Å². The standard InChI is InChI=1S/C17H20BrNO2/c1-3-19-12-13-5-6-16(11-17(13)18)21-15-9-7-14(8-10-15)20-4-2/h5-11,19H,3-4,12H2,1-2H3. The van der Waals surface area contributed by atoms with E-state index in [9.17, 15) is 0 Å². The maximum atomic E-state index is 5.85. The minimum atomic E-state index is 0.667. The summed E-state index contributed by atoms with van der Waals surface area (Å²) in [6.45, 7) is 6.53. The molecule has 0 saturated heterocycles. The molecule has 0 heterocycles. The Balaban J connectivity index is 2.03. The van der Waals surface area contributed by atoms with E-state index in [1.807, 2.05) is 43.3 Å². The largest absolute Gasteiger partial charge is 0.494 e. The predicted octanol–water partition coefficient (Wildman–Crippen LogP) is 4.75. The average molecular weight is 350 g/mol. The molecule has 1 N–H and O–H groups in total. The van der Waals surface area contributed by atoms with Crippen molar-refractivity contribution >= 4 is 15.9 Å². The number of hydrogen-bond acceptors (Lipinski definition) is 3. The van der Waals surface area contributed by atoms with Gasteiger partial charge in [0.15, 0.2) is 0 Å². The highest BCUT2D eigenvalue weighted by Gasteiger charge is 2.03. The van der Waals surface area contributed by atoms with Gasteiger partial charge in [-0.15, -0.1) is 0 Å². The van der Waals surface area contributed by atoms with E-state index in [1.54, 1.807) is 0 Å². The summed E-state index contributed by atoms with van der Waals surface area (Å²) in [7, 11) is 0. The molecule has 0 fully saturated rings. The zero-order valence-electron chi connectivity index (χ0n) is 12.4. The summed E-state index contributed by atoms with van der Waals surface area (Å²) in [5, 5.41) is 3.31. The molecule has 0 aromatic heterocycles. The van der Waals surface area contributed by atoms with Crippen LogP contribution in [0.2, 0.25) is 0 Å². The van der Waals surface area contributed by atoms with E-state index >= 15 is 0 Å². The van der Waals surface area contributed by atoms with Crippen LogP contribution in [0.4, 0.5) is 0 Å². The van der Waals surface area contributed by atoms with Gasteiger partial charge in [0.1, 0.15) is 17.2 Å². The van der Waals surface area contributed by atoms with Crippen LogP contribution in [-0.2, 0) is 6.54 Å². The van der Waals surface area contributed by atoms with Crippen LogP contribution >= 0.6 is 15.9 Å². The average Bonchev–Trinajstić information content (AvgIpc) is 2.49. The maximum absolute atomic E-state index is 5.85. The molecule has 3 nitrogen and oxygen atoms in total. The van der Waals surface area contributed by atoms with Gasteiger partial charge in [-0.05, 0) is 55.4 Å². The Bertz CT molecular complexity index is 570. The molecule has 0 aliphatic heterocycles. The van der Waals surface area contributed by atoms with Crippen LogP contribution in [-0.4, -0.2) is 13.2 Å². The highest BCUT2D eigenvalue weighted by Crippen LogP contribution is 2.28. The molecular weight excluding hydrogens is 330 g/mol. The Morgan fingerprint density at radius 2 is 1.62 bits per heavy atom. The molecule has 0 spiro atoms. The number of rotatable bonds is 7. The van der Waals surface area contributed by atoms with Crippen molar-refractivity contribution in [1.29, 1.82) is 0 Å². The van der Waals surface area contributed by atoms with Crippen molar-refractivity contribution in [3.63, 3.8) is 0 Å². The van der Waals surface area contributed by atoms with Crippen LogP contribution in [0.25, 0.3) is 0 Å². The second-order valence-corrected chi connectivity index (χ2v) is 5.39. The molecule has 0 aliphatic rings. The lowest BCUT2D eigenvalue weighted by molar-refractivity contribution is 0.339. The highest BCUT2D eigenvalue weighted by molar-refractivity contribution is 9.10. The third-order valence-electron chi connectivity index (χ3n) is 2.96. The first-order chi connectivity index (χ1) is 10.2. The van der Waals surface area contributed by atoms with Crippen LogP contribution in [0.15, 0.2) is 46.9 Å². The van der Waals surface area contributed by atoms with Gasteiger partial charge in [0.25, 0.3) is 0 Å². The summed E-state index contributed by atoms with van der Waals surface area (Å²) < 4.78 is 12.3. The van der Waals surface area contributed by atoms with Gasteiger partial charge in [0.2, 0.25) is 0 Å². The topological polar surface area (TPSA) is 30.5 Å². The van der Waals surface area contributed by atoms with Gasteiger partial charge < -0.3 is 14.8 Å². The second kappa shape index (κ2) is 8.05. The van der Waals surface area contributed by atoms with E-state index in [0.29, 0.717) is 6.61 Å². The molecule has 21 heavy (non-hydrogen) atoms. The number of halogens is 1. The van der Waals surface area contributed by atoms with E-state index < -0.39 is 0 Å². The third-order valence-corrected chi connectivity index (χ3v) is 3.70. The van der Waals surface area contributed by atoms with Crippen molar-refractivity contribution in [3.05, 3.63) is 52.5 Å². The van der Waals surface area contributed by atoms with Gasteiger partial charge in [-0.25, -0.2) is 0 Å². The smallest absolute Gasteiger partial charge is 0.128 e. The summed E-state index contributed by atoms with van der Waals surface area (Å²) in [6, 6.07) is 13.7. The second-order valence-electron chi connectivity index (χ2n) is 4.54. The first-order valence-corrected chi connectivity index (χ1v) is 7.92. The number of hydrogen-bond donors (Lipinski definition) is 1. The molecular formula is C17H20BrNO2. The molecule has 0 aliphatic carbocycles. The predicted molar refractivity (Wildman–Crippen MR) is 89.2 cm³/mol. The van der Waals surface area contributed by atoms with Crippen LogP contribution < -0.4 is 14.8 Å². The lowest BCUT2D eigenvalue weighted by Gasteiger charge is -2.10. The van der Waals surface area contributed by atoms with Crippen LogP contribution in [0, 0.1) is 0 Å². The van der Waals surface area contributed by atoms with Gasteiger partial charge in [-0.3, -0.25) is 0 Å². The quantitative estimate of drug-likeness (QED) is 0.782. The maximum Gasteiger partial charge on any atom is 0.128 e. The van der Waals surface area contributed by atoms with Crippen molar-refractivity contribution in [3.8, 4) is 17.2 Å². The molecule has 0 saturated carbocycles. The highest BCUT2D eigenvalue weighted by atomic mass is 79.9. The molecule has 0 amide bonds. The zero-order valence-corrected chi connectivity index (χ0v) is 13.9. The molecule has 0 bridgehead atoms. The molecule has 2 aromatic rings. The fourth-order valence-electron chi connectivity index (χ4n) is 1.90. The Kier molecular flexibility index (Phi) is 6.08. The molecule has 0 atom stereocenters. The van der Waals surface area contributed by atoms with E-state index in [2.05, 4.69) is 34.2 Å². The van der Waals surface area contributed by atoms with Crippen molar-refractivity contribution in [2.75, 3.05) is 13.2 Å². The summed E-state index contributed by atoms with van der Waals surface area (Å²) in [5.41, 5.74) is 1.22. The van der Waals surface area contributed by atoms with Crippen molar-refractivity contribution in [2.45, 2.75) is 20.4 Å². The SMILES string of the molecule is CCNCc1ccc(Oc2ccc(OCC)cc2)cc1Br. The monoisotopic (exact) mass is 349 g/mol. The van der Waals surface area contributed by atoms with E-state index in [-0.39, 0.29) is 0 Å². The van der Waals surface area contributed by atoms with Crippen molar-refractivity contribution in [1.82, 2.24) is 5.32 Å². The van der Waals surface area contributed by atoms with E-state index in [4.69, 9.17) is 9.47 Å². The fourth-order valence-corrected chi connectivity index (χ4v) is 2.40. The molecule has 0 radical (unpaired) electrons. The van der Waals surface area contributed by atoms with E-state index in [1.165, 1.54) is 5.56 Å². The minimum absolute atomic E-state index is 0.667. The molecule has 0 unspecified atom stereocenters. The summed E-state index contributed by atoms with van der Waals surface area (Å²) in [6.07, 6.45) is 0. The van der Waals surface area contributed by atoms with Gasteiger partial charge in [-0.1, -0.05) is 28.9 Å². The molecule has 4 heteroatoms. The van der Waals surface area contributed by atoms with Crippen molar-refractivity contribution in [2.24, 2.45) is 0 Å².